The summed E-state index contributed by atoms with van der Waals surface area (Å²) in [6, 6.07) is 10.5. The first-order valence-electron chi connectivity index (χ1n) is 7.08. The molecule has 1 heterocycles. The Kier molecular flexibility index (Phi) is 5.32. The number of benzene rings is 1. The monoisotopic (exact) mass is 273 g/mol. The van der Waals surface area contributed by atoms with Gasteiger partial charge in [-0.15, -0.1) is 0 Å². The molecule has 0 aliphatic carbocycles. The van der Waals surface area contributed by atoms with E-state index in [0.29, 0.717) is 6.54 Å². The molecule has 0 aliphatic heterocycles. The van der Waals surface area contributed by atoms with E-state index in [4.69, 9.17) is 10.2 Å². The van der Waals surface area contributed by atoms with E-state index in [9.17, 15) is 0 Å². The molecule has 2 aromatic rings. The van der Waals surface area contributed by atoms with Crippen molar-refractivity contribution >= 4 is 0 Å². The quantitative estimate of drug-likeness (QED) is 0.841. The van der Waals surface area contributed by atoms with E-state index in [1.165, 1.54) is 5.56 Å². The number of rotatable bonds is 7. The SMILES string of the molecule is Cc1nc(CN(CCN)CCc2ccccc2)oc1C. The summed E-state index contributed by atoms with van der Waals surface area (Å²) < 4.78 is 5.65. The smallest absolute Gasteiger partial charge is 0.208 e. The zero-order valence-electron chi connectivity index (χ0n) is 12.3. The van der Waals surface area contributed by atoms with Crippen LogP contribution in [-0.4, -0.2) is 29.5 Å². The summed E-state index contributed by atoms with van der Waals surface area (Å²) in [5.74, 6) is 1.68. The molecule has 1 aromatic heterocycles. The molecule has 2 rings (SSSR count). The average molecular weight is 273 g/mol. The van der Waals surface area contributed by atoms with Gasteiger partial charge in [0.2, 0.25) is 5.89 Å². The van der Waals surface area contributed by atoms with Crippen LogP contribution in [0.4, 0.5) is 0 Å². The third-order valence-corrected chi connectivity index (χ3v) is 3.44. The lowest BCUT2D eigenvalue weighted by atomic mass is 10.1. The Morgan fingerprint density at radius 2 is 1.90 bits per heavy atom. The zero-order chi connectivity index (χ0) is 14.4. The van der Waals surface area contributed by atoms with E-state index in [1.54, 1.807) is 0 Å². The molecule has 0 saturated carbocycles. The molecule has 0 unspecified atom stereocenters. The van der Waals surface area contributed by atoms with Crippen molar-refractivity contribution in [1.82, 2.24) is 9.88 Å². The molecule has 4 nitrogen and oxygen atoms in total. The van der Waals surface area contributed by atoms with Crippen LogP contribution in [0, 0.1) is 13.8 Å². The number of hydrogen-bond donors (Lipinski definition) is 1. The molecule has 4 heteroatoms. The fourth-order valence-corrected chi connectivity index (χ4v) is 2.18. The van der Waals surface area contributed by atoms with Gasteiger partial charge in [-0.05, 0) is 25.8 Å². The second kappa shape index (κ2) is 7.22. The molecule has 0 bridgehead atoms. The highest BCUT2D eigenvalue weighted by Gasteiger charge is 2.11. The van der Waals surface area contributed by atoms with E-state index < -0.39 is 0 Å². The molecule has 0 atom stereocenters. The van der Waals surface area contributed by atoms with Gasteiger partial charge in [0.25, 0.3) is 0 Å². The number of nitrogens with zero attached hydrogens (tertiary/aromatic N) is 2. The summed E-state index contributed by atoms with van der Waals surface area (Å²) in [6.45, 7) is 7.10. The lowest BCUT2D eigenvalue weighted by Crippen LogP contribution is -2.31. The van der Waals surface area contributed by atoms with Crippen molar-refractivity contribution in [2.75, 3.05) is 19.6 Å². The van der Waals surface area contributed by atoms with E-state index in [1.807, 2.05) is 19.9 Å². The Hall–Kier alpha value is -1.65. The fourth-order valence-electron chi connectivity index (χ4n) is 2.18. The van der Waals surface area contributed by atoms with Gasteiger partial charge in [-0.3, -0.25) is 4.90 Å². The molecule has 20 heavy (non-hydrogen) atoms. The predicted molar refractivity (Wildman–Crippen MR) is 80.5 cm³/mol. The molecule has 0 spiro atoms. The van der Waals surface area contributed by atoms with E-state index in [-0.39, 0.29) is 0 Å². The second-order valence-corrected chi connectivity index (χ2v) is 5.05. The highest BCUT2D eigenvalue weighted by molar-refractivity contribution is 5.15. The Labute approximate surface area is 120 Å². The van der Waals surface area contributed by atoms with Crippen LogP contribution in [0.2, 0.25) is 0 Å². The highest BCUT2D eigenvalue weighted by Crippen LogP contribution is 2.11. The number of nitrogens with two attached hydrogens (primary N) is 1. The van der Waals surface area contributed by atoms with Gasteiger partial charge in [-0.25, -0.2) is 4.98 Å². The molecular formula is C16H23N3O. The number of hydrogen-bond acceptors (Lipinski definition) is 4. The Bertz CT molecular complexity index is 502. The Balaban J connectivity index is 1.93. The van der Waals surface area contributed by atoms with Crippen LogP contribution in [0.1, 0.15) is 22.9 Å². The first-order valence-corrected chi connectivity index (χ1v) is 7.08. The van der Waals surface area contributed by atoms with Crippen LogP contribution in [0.15, 0.2) is 34.7 Å². The van der Waals surface area contributed by atoms with Crippen LogP contribution in [0.3, 0.4) is 0 Å². The Morgan fingerprint density at radius 1 is 1.15 bits per heavy atom. The third kappa shape index (κ3) is 4.18. The lowest BCUT2D eigenvalue weighted by Gasteiger charge is -2.19. The molecule has 0 amide bonds. The minimum absolute atomic E-state index is 0.646. The third-order valence-electron chi connectivity index (χ3n) is 3.44. The lowest BCUT2D eigenvalue weighted by molar-refractivity contribution is 0.246. The van der Waals surface area contributed by atoms with Crippen molar-refractivity contribution in [2.24, 2.45) is 5.73 Å². The van der Waals surface area contributed by atoms with Crippen LogP contribution in [0.5, 0.6) is 0 Å². The second-order valence-electron chi connectivity index (χ2n) is 5.05. The first-order chi connectivity index (χ1) is 9.69. The van der Waals surface area contributed by atoms with Crippen molar-refractivity contribution in [3.05, 3.63) is 53.2 Å². The van der Waals surface area contributed by atoms with E-state index in [0.717, 1.165) is 43.4 Å². The summed E-state index contributed by atoms with van der Waals surface area (Å²) in [7, 11) is 0. The van der Waals surface area contributed by atoms with Crippen molar-refractivity contribution in [1.29, 1.82) is 0 Å². The summed E-state index contributed by atoms with van der Waals surface area (Å²) >= 11 is 0. The maximum atomic E-state index is 5.69. The van der Waals surface area contributed by atoms with Gasteiger partial charge >= 0.3 is 0 Å². The van der Waals surface area contributed by atoms with E-state index >= 15 is 0 Å². The van der Waals surface area contributed by atoms with Gasteiger partial charge in [0.05, 0.1) is 12.2 Å². The normalized spacial score (nSPS) is 11.2. The summed E-state index contributed by atoms with van der Waals surface area (Å²) in [5, 5.41) is 0. The molecular weight excluding hydrogens is 250 g/mol. The molecule has 0 aliphatic rings. The first kappa shape index (κ1) is 14.8. The van der Waals surface area contributed by atoms with Gasteiger partial charge in [0, 0.05) is 19.6 Å². The van der Waals surface area contributed by atoms with Crippen molar-refractivity contribution in [3.8, 4) is 0 Å². The minimum Gasteiger partial charge on any atom is -0.444 e. The topological polar surface area (TPSA) is 55.3 Å². The van der Waals surface area contributed by atoms with Crippen LogP contribution < -0.4 is 5.73 Å². The van der Waals surface area contributed by atoms with Crippen molar-refractivity contribution < 1.29 is 4.42 Å². The zero-order valence-corrected chi connectivity index (χ0v) is 12.3. The van der Waals surface area contributed by atoms with Gasteiger partial charge in [0.15, 0.2) is 0 Å². The largest absolute Gasteiger partial charge is 0.444 e. The van der Waals surface area contributed by atoms with Crippen LogP contribution in [0.25, 0.3) is 0 Å². The summed E-state index contributed by atoms with van der Waals surface area (Å²) in [5.41, 5.74) is 8.00. The maximum absolute atomic E-state index is 5.69. The fraction of sp³-hybridized carbons (Fsp3) is 0.438. The molecule has 2 N–H and O–H groups in total. The van der Waals surface area contributed by atoms with Gasteiger partial charge in [-0.2, -0.15) is 0 Å². The number of aryl methyl sites for hydroxylation is 2. The van der Waals surface area contributed by atoms with Crippen LogP contribution in [-0.2, 0) is 13.0 Å². The molecule has 108 valence electrons. The maximum Gasteiger partial charge on any atom is 0.208 e. The predicted octanol–water partition coefficient (Wildman–Crippen LogP) is 2.29. The molecule has 0 saturated heterocycles. The highest BCUT2D eigenvalue weighted by atomic mass is 16.4. The van der Waals surface area contributed by atoms with Gasteiger partial charge in [0.1, 0.15) is 5.76 Å². The Morgan fingerprint density at radius 3 is 2.50 bits per heavy atom. The van der Waals surface area contributed by atoms with E-state index in [2.05, 4.69) is 34.1 Å². The molecule has 0 radical (unpaired) electrons. The van der Waals surface area contributed by atoms with Crippen molar-refractivity contribution in [2.45, 2.75) is 26.8 Å². The van der Waals surface area contributed by atoms with Gasteiger partial charge < -0.3 is 10.2 Å². The van der Waals surface area contributed by atoms with Crippen LogP contribution >= 0.6 is 0 Å². The molecule has 1 aromatic carbocycles. The average Bonchev–Trinajstić information content (AvgIpc) is 2.76. The standard InChI is InChI=1S/C16H23N3O/c1-13-14(2)20-16(18-13)12-19(11-9-17)10-8-15-6-4-3-5-7-15/h3-7H,8-12,17H2,1-2H3. The summed E-state index contributed by atoms with van der Waals surface area (Å²) in [6.07, 6.45) is 1.01. The molecule has 0 fully saturated rings. The van der Waals surface area contributed by atoms with Crippen molar-refractivity contribution in [3.63, 3.8) is 0 Å². The van der Waals surface area contributed by atoms with Gasteiger partial charge in [-0.1, -0.05) is 30.3 Å². The number of oxazole rings is 1. The minimum atomic E-state index is 0.646. The number of aromatic nitrogens is 1. The summed E-state index contributed by atoms with van der Waals surface area (Å²) in [4.78, 5) is 6.73.